The first-order valence-electron chi connectivity index (χ1n) is 5.19. The van der Waals surface area contributed by atoms with Gasteiger partial charge in [0.15, 0.2) is 0 Å². The van der Waals surface area contributed by atoms with Gasteiger partial charge in [-0.2, -0.15) is 4.44 Å². The monoisotopic (exact) mass is 263 g/mol. The average molecular weight is 263 g/mol. The van der Waals surface area contributed by atoms with Crippen molar-refractivity contribution in [3.05, 3.63) is 0 Å². The van der Waals surface area contributed by atoms with Gasteiger partial charge in [0, 0.05) is 30.7 Å². The first-order chi connectivity index (χ1) is 6.65. The van der Waals surface area contributed by atoms with Gasteiger partial charge in [0.2, 0.25) is 0 Å². The summed E-state index contributed by atoms with van der Waals surface area (Å²) in [5, 5.41) is 1.12. The Morgan fingerprint density at radius 1 is 0.750 bits per heavy atom. The molecule has 0 rings (SSSR count). The van der Waals surface area contributed by atoms with Gasteiger partial charge in [-0.1, -0.05) is 14.6 Å². The van der Waals surface area contributed by atoms with Crippen molar-refractivity contribution in [3.8, 4) is 0 Å². The molecule has 0 aromatic heterocycles. The maximum atomic E-state index is 2.99. The van der Waals surface area contributed by atoms with Gasteiger partial charge in [0.05, 0.1) is 0 Å². The molecule has 0 bridgehead atoms. The van der Waals surface area contributed by atoms with Crippen LogP contribution in [-0.2, 0) is 0 Å². The molecular weight excluding hydrogens is 230 g/mol. The van der Waals surface area contributed by atoms with E-state index in [0.717, 1.165) is 0 Å². The summed E-state index contributed by atoms with van der Waals surface area (Å²) in [5.74, 6) is 0. The van der Waals surface area contributed by atoms with E-state index in [1.54, 1.807) is 0 Å². The summed E-state index contributed by atoms with van der Waals surface area (Å²) >= 11 is 0. The number of hydrogen-bond acceptors (Lipinski definition) is 1. The molecule has 0 heterocycles. The van der Waals surface area contributed by atoms with Crippen LogP contribution in [0.2, 0.25) is 0 Å². The second kappa shape index (κ2) is 4.56. The number of rotatable bonds is 2. The molecule has 0 N–H and O–H groups in total. The van der Waals surface area contributed by atoms with Crippen LogP contribution >= 0.6 is 14.6 Å². The van der Waals surface area contributed by atoms with Crippen molar-refractivity contribution in [2.45, 2.75) is 51.9 Å². The van der Waals surface area contributed by atoms with Crippen molar-refractivity contribution >= 4 is 29.7 Å². The smallest absolute Gasteiger partial charge is 0.149 e. The van der Waals surface area contributed by atoms with E-state index < -0.39 is 14.6 Å². The van der Waals surface area contributed by atoms with Crippen molar-refractivity contribution in [2.75, 3.05) is 20.4 Å². The van der Waals surface area contributed by atoms with Crippen LogP contribution in [0.5, 0.6) is 0 Å². The molecule has 0 amide bonds. The quantitative estimate of drug-likeness (QED) is 0.545. The fourth-order valence-electron chi connectivity index (χ4n) is 1.07. The minimum atomic E-state index is -0.740. The second-order valence-electron chi connectivity index (χ2n) is 5.88. The fraction of sp³-hybridized carbons (Fsp3) is 1.00. The van der Waals surface area contributed by atoms with E-state index in [4.69, 9.17) is 0 Å². The Morgan fingerprint density at radius 3 is 1.06 bits per heavy atom. The Labute approximate surface area is 107 Å². The highest BCUT2D eigenvalue weighted by Crippen LogP contribution is 2.79. The van der Waals surface area contributed by atoms with Crippen molar-refractivity contribution in [3.63, 3.8) is 0 Å². The molecule has 0 aromatic carbocycles. The van der Waals surface area contributed by atoms with Gasteiger partial charge in [0.1, 0.15) is 15.1 Å². The topological polar surface area (TPSA) is 3.24 Å². The van der Waals surface area contributed by atoms with Crippen molar-refractivity contribution < 1.29 is 0 Å². The highest BCUT2D eigenvalue weighted by molar-refractivity contribution is 8.08. The lowest BCUT2D eigenvalue weighted by Gasteiger charge is -2.54. The Kier molecular flexibility index (Phi) is 4.83. The van der Waals surface area contributed by atoms with E-state index in [1.165, 1.54) is 0 Å². The van der Waals surface area contributed by atoms with E-state index in [2.05, 4.69) is 66.4 Å². The Bertz CT molecular complexity index is 226. The van der Waals surface area contributed by atoms with Gasteiger partial charge in [-0.3, -0.25) is 0 Å². The number of nitrogens with zero attached hydrogens (tertiary/aromatic N) is 1. The molecule has 98 valence electrons. The standard InChI is InChI=1S/C11H33B2NP2/c1-10(2,3)15(8,12)14(7)16(9,13)11(4,5)6/h1-9,12-13H3. The lowest BCUT2D eigenvalue weighted by molar-refractivity contribution is 0.688. The van der Waals surface area contributed by atoms with Crippen LogP contribution < -0.4 is 0 Å². The van der Waals surface area contributed by atoms with E-state index in [0.29, 0.717) is 25.4 Å². The van der Waals surface area contributed by atoms with Crippen LogP contribution in [0.3, 0.4) is 0 Å². The molecule has 0 aliphatic carbocycles. The third kappa shape index (κ3) is 3.04. The summed E-state index contributed by atoms with van der Waals surface area (Å²) in [5.41, 5.74) is 0. The minimum Gasteiger partial charge on any atom is -0.155 e. The predicted molar refractivity (Wildman–Crippen MR) is 92.8 cm³/mol. The molecule has 0 fully saturated rings. The zero-order valence-electron chi connectivity index (χ0n) is 11.3. The predicted octanol–water partition coefficient (Wildman–Crippen LogP) is 2.20. The maximum Gasteiger partial charge on any atom is 0.149 e. The van der Waals surface area contributed by atoms with E-state index in [9.17, 15) is 0 Å². The molecule has 2 atom stereocenters. The zero-order chi connectivity index (χ0) is 13.6. The third-order valence-electron chi connectivity index (χ3n) is 2.81. The van der Waals surface area contributed by atoms with Crippen LogP contribution in [0.25, 0.3) is 0 Å². The molecule has 0 saturated carbocycles. The van der Waals surface area contributed by atoms with E-state index in [-0.39, 0.29) is 0 Å². The van der Waals surface area contributed by atoms with Crippen LogP contribution in [-0.4, -0.2) is 50.3 Å². The third-order valence-corrected chi connectivity index (χ3v) is 10.0. The largest absolute Gasteiger partial charge is 0.155 e. The van der Waals surface area contributed by atoms with Gasteiger partial charge in [-0.15, -0.1) is 0 Å². The molecule has 0 radical (unpaired) electrons. The molecular formula is C11H33B2NP2. The van der Waals surface area contributed by atoms with Crippen LogP contribution in [0, 0.1) is 0 Å². The summed E-state index contributed by atoms with van der Waals surface area (Å²) in [4.78, 5) is 0. The van der Waals surface area contributed by atoms with Crippen molar-refractivity contribution in [2.24, 2.45) is 0 Å². The van der Waals surface area contributed by atoms with Crippen LogP contribution in [0.15, 0.2) is 0 Å². The average Bonchev–Trinajstić information content (AvgIpc) is 1.98. The summed E-state index contributed by atoms with van der Waals surface area (Å²) < 4.78 is 2.99. The van der Waals surface area contributed by atoms with Gasteiger partial charge in [-0.05, 0) is 41.5 Å². The summed E-state index contributed by atoms with van der Waals surface area (Å²) in [6.07, 6.45) is 0. The molecule has 1 nitrogen and oxygen atoms in total. The summed E-state index contributed by atoms with van der Waals surface area (Å²) in [7, 11) is 1.86. The number of hydrogen-bond donors (Lipinski definition) is 0. The molecule has 5 heteroatoms. The Morgan fingerprint density at radius 2 is 0.938 bits per heavy atom. The molecule has 0 aliphatic heterocycles. The fourth-order valence-corrected chi connectivity index (χ4v) is 6.03. The van der Waals surface area contributed by atoms with Gasteiger partial charge < -0.3 is 0 Å². The maximum absolute atomic E-state index is 2.99. The van der Waals surface area contributed by atoms with Crippen molar-refractivity contribution in [1.82, 2.24) is 4.44 Å². The molecule has 0 saturated heterocycles. The molecule has 16 heavy (non-hydrogen) atoms. The SMILES string of the molecule is [BH3-][P+](C)(N(C)[P+]([BH3-])(C)C(C)(C)C)C(C)(C)C. The second-order valence-corrected chi connectivity index (χ2v) is 12.2. The van der Waals surface area contributed by atoms with Crippen LogP contribution in [0.1, 0.15) is 41.5 Å². The molecule has 0 spiro atoms. The first-order valence-corrected chi connectivity index (χ1v) is 8.67. The molecule has 2 unspecified atom stereocenters. The Hall–Kier alpha value is 0.950. The van der Waals surface area contributed by atoms with Gasteiger partial charge in [0.25, 0.3) is 0 Å². The lowest BCUT2D eigenvalue weighted by atomic mass is 10.3. The zero-order valence-corrected chi connectivity index (χ0v) is 13.1. The Balaban J connectivity index is 5.30. The molecule has 0 aliphatic rings. The van der Waals surface area contributed by atoms with E-state index >= 15 is 0 Å². The normalized spacial score (nSPS) is 21.8. The van der Waals surface area contributed by atoms with Crippen LogP contribution in [0.4, 0.5) is 0 Å². The van der Waals surface area contributed by atoms with E-state index in [1.807, 2.05) is 0 Å². The van der Waals surface area contributed by atoms with Crippen molar-refractivity contribution in [1.29, 1.82) is 0 Å². The lowest BCUT2D eigenvalue weighted by Crippen LogP contribution is -2.37. The molecule has 0 aromatic rings. The highest BCUT2D eigenvalue weighted by atomic mass is 31.2. The van der Waals surface area contributed by atoms with Gasteiger partial charge in [-0.25, -0.2) is 0 Å². The van der Waals surface area contributed by atoms with Gasteiger partial charge >= 0.3 is 0 Å². The first kappa shape index (κ1) is 16.9. The summed E-state index contributed by atoms with van der Waals surface area (Å²) in [6.45, 7) is 20.2. The highest BCUT2D eigenvalue weighted by Gasteiger charge is 2.49. The minimum absolute atomic E-state index is 0.427. The summed E-state index contributed by atoms with van der Waals surface area (Å²) in [6, 6.07) is 0.